The molecule has 0 spiro atoms. The average molecular weight is 427 g/mol. The van der Waals surface area contributed by atoms with E-state index < -0.39 is 40.4 Å². The number of nitrogens with zero attached hydrogens (tertiary/aromatic N) is 2. The van der Waals surface area contributed by atoms with Crippen molar-refractivity contribution >= 4 is 15.6 Å². The zero-order valence-corrected chi connectivity index (χ0v) is 17.2. The number of hydrogen-bond donors (Lipinski definition) is 1. The Kier molecular flexibility index (Phi) is 5.74. The van der Waals surface area contributed by atoms with Crippen LogP contribution in [0.1, 0.15) is 42.7 Å². The number of sulfonamides is 1. The molecule has 5 nitrogen and oxygen atoms in total. The molecule has 1 fully saturated rings. The van der Waals surface area contributed by atoms with Crippen molar-refractivity contribution < 1.29 is 17.9 Å². The Hall–Kier alpha value is -2.53. The van der Waals surface area contributed by atoms with Crippen LogP contribution in [0.2, 0.25) is 0 Å². The molecule has 0 amide bonds. The summed E-state index contributed by atoms with van der Waals surface area (Å²) in [6.07, 6.45) is 6.39. The summed E-state index contributed by atoms with van der Waals surface area (Å²) in [5.74, 6) is -1.13. The van der Waals surface area contributed by atoms with Gasteiger partial charge in [0.25, 0.3) is 0 Å². The number of aliphatic hydroxyl groups excluding tert-OH is 1. The van der Waals surface area contributed by atoms with Gasteiger partial charge in [0.15, 0.2) is 0 Å². The van der Waals surface area contributed by atoms with E-state index in [-0.39, 0.29) is 4.90 Å². The van der Waals surface area contributed by atoms with E-state index in [1.54, 1.807) is 0 Å². The van der Waals surface area contributed by atoms with Gasteiger partial charge in [-0.05, 0) is 60.6 Å². The number of halogens is 1. The smallest absolute Gasteiger partial charge is 0.244 e. The highest BCUT2D eigenvalue weighted by atomic mass is 32.2. The molecule has 0 aromatic heterocycles. The summed E-state index contributed by atoms with van der Waals surface area (Å²) < 4.78 is 41.0. The van der Waals surface area contributed by atoms with Crippen LogP contribution in [0, 0.1) is 17.1 Å². The van der Waals surface area contributed by atoms with Gasteiger partial charge in [-0.25, -0.2) is 12.8 Å². The van der Waals surface area contributed by atoms with Crippen LogP contribution in [0.4, 0.5) is 4.39 Å². The van der Waals surface area contributed by atoms with Crippen LogP contribution in [0.3, 0.4) is 0 Å². The Morgan fingerprint density at radius 3 is 2.63 bits per heavy atom. The third kappa shape index (κ3) is 3.45. The normalized spacial score (nSPS) is 24.6. The Bertz CT molecular complexity index is 1120. The topological polar surface area (TPSA) is 81.4 Å². The number of allylic oxidation sites excluding steroid dienone is 2. The van der Waals surface area contributed by atoms with E-state index in [0.717, 1.165) is 53.2 Å². The second-order valence-electron chi connectivity index (χ2n) is 7.70. The van der Waals surface area contributed by atoms with Crippen molar-refractivity contribution in [3.63, 3.8) is 0 Å². The van der Waals surface area contributed by atoms with Crippen LogP contribution in [0.5, 0.6) is 0 Å². The summed E-state index contributed by atoms with van der Waals surface area (Å²) in [6.45, 7) is -0.426. The second kappa shape index (κ2) is 8.31. The first kappa shape index (κ1) is 20.7. The molecule has 0 unspecified atom stereocenters. The summed E-state index contributed by atoms with van der Waals surface area (Å²) in [5.41, 5.74) is 3.10. The fourth-order valence-corrected chi connectivity index (χ4v) is 6.37. The van der Waals surface area contributed by atoms with Crippen molar-refractivity contribution in [2.75, 3.05) is 6.61 Å². The first-order valence-corrected chi connectivity index (χ1v) is 11.5. The molecule has 30 heavy (non-hydrogen) atoms. The van der Waals surface area contributed by atoms with E-state index >= 15 is 0 Å². The molecular formula is C23H23FN2O3S. The van der Waals surface area contributed by atoms with Crippen LogP contribution in [-0.4, -0.2) is 36.5 Å². The highest BCUT2D eigenvalue weighted by molar-refractivity contribution is 7.89. The first-order chi connectivity index (χ1) is 14.5. The van der Waals surface area contributed by atoms with Gasteiger partial charge < -0.3 is 5.11 Å². The molecule has 1 aliphatic carbocycles. The number of aliphatic hydroxyl groups is 1. The van der Waals surface area contributed by atoms with E-state index in [1.807, 2.05) is 24.3 Å². The quantitative estimate of drug-likeness (QED) is 0.788. The van der Waals surface area contributed by atoms with Crippen molar-refractivity contribution in [3.8, 4) is 6.07 Å². The van der Waals surface area contributed by atoms with Gasteiger partial charge in [-0.15, -0.1) is 0 Å². The third-order valence-electron chi connectivity index (χ3n) is 6.00. The standard InChI is InChI=1S/C23H23FN2O3S/c24-17-9-6-10-18(13-17)30(28,29)26-21(14-25)23(22(26)15-27)20-12-5-4-11-19(20)16-7-2-1-3-8-16/h4-7,9-13,21-23,27H,1-3,8,15H2/t21-,22-,23-/m0/s1. The van der Waals surface area contributed by atoms with Crippen LogP contribution < -0.4 is 0 Å². The molecule has 0 saturated carbocycles. The highest BCUT2D eigenvalue weighted by Gasteiger charge is 2.55. The van der Waals surface area contributed by atoms with Crippen LogP contribution >= 0.6 is 0 Å². The van der Waals surface area contributed by atoms with Crippen LogP contribution in [-0.2, 0) is 10.0 Å². The van der Waals surface area contributed by atoms with Crippen LogP contribution in [0.15, 0.2) is 59.5 Å². The number of benzene rings is 2. The fraction of sp³-hybridized carbons (Fsp3) is 0.348. The minimum absolute atomic E-state index is 0.220. The lowest BCUT2D eigenvalue weighted by atomic mass is 9.74. The lowest BCUT2D eigenvalue weighted by Gasteiger charge is -2.50. The summed E-state index contributed by atoms with van der Waals surface area (Å²) in [5, 5.41) is 19.9. The van der Waals surface area contributed by atoms with Gasteiger partial charge in [0.05, 0.1) is 23.6 Å². The predicted molar refractivity (Wildman–Crippen MR) is 111 cm³/mol. The third-order valence-corrected chi connectivity index (χ3v) is 7.91. The van der Waals surface area contributed by atoms with E-state index in [9.17, 15) is 23.2 Å². The van der Waals surface area contributed by atoms with Crippen molar-refractivity contribution in [1.29, 1.82) is 5.26 Å². The molecule has 1 N–H and O–H groups in total. The monoisotopic (exact) mass is 426 g/mol. The molecule has 1 heterocycles. The Morgan fingerprint density at radius 2 is 1.97 bits per heavy atom. The fourth-order valence-electron chi connectivity index (χ4n) is 4.58. The number of hydrogen-bond acceptors (Lipinski definition) is 4. The molecule has 1 saturated heterocycles. The Morgan fingerprint density at radius 1 is 1.17 bits per heavy atom. The summed E-state index contributed by atoms with van der Waals surface area (Å²) in [7, 11) is -4.13. The van der Waals surface area contributed by atoms with Gasteiger partial charge in [-0.2, -0.15) is 9.57 Å². The lowest BCUT2D eigenvalue weighted by molar-refractivity contribution is 0.0555. The van der Waals surface area contributed by atoms with Gasteiger partial charge in [0.1, 0.15) is 11.9 Å². The summed E-state index contributed by atoms with van der Waals surface area (Å²) in [6, 6.07) is 12.8. The molecule has 2 aromatic carbocycles. The number of nitriles is 1. The molecule has 2 aliphatic rings. The molecule has 7 heteroatoms. The van der Waals surface area contributed by atoms with Gasteiger partial charge in [0.2, 0.25) is 10.0 Å². The van der Waals surface area contributed by atoms with E-state index in [0.29, 0.717) is 0 Å². The molecule has 4 rings (SSSR count). The van der Waals surface area contributed by atoms with Gasteiger partial charge in [-0.3, -0.25) is 0 Å². The predicted octanol–water partition coefficient (Wildman–Crippen LogP) is 3.82. The van der Waals surface area contributed by atoms with Gasteiger partial charge >= 0.3 is 0 Å². The molecule has 156 valence electrons. The Labute approximate surface area is 176 Å². The van der Waals surface area contributed by atoms with Crippen molar-refractivity contribution in [1.82, 2.24) is 4.31 Å². The largest absolute Gasteiger partial charge is 0.395 e. The van der Waals surface area contributed by atoms with Crippen LogP contribution in [0.25, 0.3) is 5.57 Å². The minimum atomic E-state index is -4.13. The maximum atomic E-state index is 13.6. The van der Waals surface area contributed by atoms with Crippen molar-refractivity contribution in [2.24, 2.45) is 0 Å². The summed E-state index contributed by atoms with van der Waals surface area (Å²) >= 11 is 0. The average Bonchev–Trinajstić information content (AvgIpc) is 2.74. The zero-order valence-electron chi connectivity index (χ0n) is 16.4. The van der Waals surface area contributed by atoms with E-state index in [2.05, 4.69) is 12.1 Å². The van der Waals surface area contributed by atoms with Gasteiger partial charge in [0, 0.05) is 5.92 Å². The van der Waals surface area contributed by atoms with E-state index in [4.69, 9.17) is 0 Å². The van der Waals surface area contributed by atoms with Gasteiger partial charge in [-0.1, -0.05) is 36.4 Å². The Balaban J connectivity index is 1.74. The second-order valence-corrected chi connectivity index (χ2v) is 9.55. The van der Waals surface area contributed by atoms with E-state index in [1.165, 1.54) is 17.7 Å². The SMILES string of the molecule is N#C[C@H]1[C@H](c2ccccc2C2=CCCCC2)[C@H](CO)N1S(=O)(=O)c1cccc(F)c1. The molecule has 1 aliphatic heterocycles. The molecular weight excluding hydrogens is 403 g/mol. The maximum Gasteiger partial charge on any atom is 0.244 e. The lowest BCUT2D eigenvalue weighted by Crippen LogP contribution is -2.65. The maximum absolute atomic E-state index is 13.6. The molecule has 0 bridgehead atoms. The minimum Gasteiger partial charge on any atom is -0.395 e. The molecule has 3 atom stereocenters. The molecule has 2 aromatic rings. The van der Waals surface area contributed by atoms with Crippen molar-refractivity contribution in [2.45, 2.75) is 48.6 Å². The number of rotatable bonds is 5. The molecule has 0 radical (unpaired) electrons. The highest BCUT2D eigenvalue weighted by Crippen LogP contribution is 2.46. The first-order valence-electron chi connectivity index (χ1n) is 10.1. The summed E-state index contributed by atoms with van der Waals surface area (Å²) in [4.78, 5) is -0.220. The zero-order chi connectivity index (χ0) is 21.3. The van der Waals surface area contributed by atoms with Crippen molar-refractivity contribution in [3.05, 3.63) is 71.6 Å².